The number of nitro benzene ring substituents is 1. The van der Waals surface area contributed by atoms with Crippen molar-refractivity contribution in [2.45, 2.75) is 32.2 Å². The van der Waals surface area contributed by atoms with Crippen LogP contribution in [0.1, 0.15) is 31.9 Å². The molecule has 0 spiro atoms. The monoisotopic (exact) mass is 409 g/mol. The van der Waals surface area contributed by atoms with E-state index >= 15 is 0 Å². The quantitative estimate of drug-likeness (QED) is 0.249. The van der Waals surface area contributed by atoms with Crippen LogP contribution in [0.4, 0.5) is 5.69 Å². The zero-order valence-electron chi connectivity index (χ0n) is 16.4. The third-order valence-corrected chi connectivity index (χ3v) is 12.5. The number of hydrogen-bond donors (Lipinski definition) is 0. The lowest BCUT2D eigenvalue weighted by atomic mass is 10.0. The third-order valence-electron chi connectivity index (χ3n) is 5.11. The van der Waals surface area contributed by atoms with Gasteiger partial charge in [0, 0.05) is 12.1 Å². The summed E-state index contributed by atoms with van der Waals surface area (Å²) < 4.78 is 0. The largest absolute Gasteiger partial charge is 0.269 e. The van der Waals surface area contributed by atoms with Crippen LogP contribution in [0.15, 0.2) is 78.9 Å². The van der Waals surface area contributed by atoms with Crippen molar-refractivity contribution in [3.05, 3.63) is 100 Å². The Morgan fingerprint density at radius 2 is 1.57 bits per heavy atom. The first kappa shape index (κ1) is 20.3. The van der Waals surface area contributed by atoms with Gasteiger partial charge in [-0.2, -0.15) is 11.1 Å². The molecule has 0 radical (unpaired) electrons. The molecule has 0 aliphatic heterocycles. The van der Waals surface area contributed by atoms with E-state index < -0.39 is 7.38 Å². The van der Waals surface area contributed by atoms with Crippen molar-refractivity contribution >= 4 is 34.5 Å². The maximum Gasteiger partial charge on any atom is 0.269 e. The van der Waals surface area contributed by atoms with Gasteiger partial charge in [-0.05, 0) is 33.0 Å². The Kier molecular flexibility index (Phi) is 5.73. The second-order valence-electron chi connectivity index (χ2n) is 8.04. The fourth-order valence-electron chi connectivity index (χ4n) is 3.67. The lowest BCUT2D eigenvalue weighted by Crippen LogP contribution is -2.60. The van der Waals surface area contributed by atoms with E-state index in [0.717, 1.165) is 11.1 Å². The standard InChI is InChI=1S/C23H24ClNO2Si/c1-23(2,3)28(24,21-13-5-4-6-14-21)22-15-8-7-11-19(22)16-18-10-9-12-20(17-18)25(26)27/h4-15,17H,16H2,1-3H3. The van der Waals surface area contributed by atoms with Crippen LogP contribution in [0, 0.1) is 10.1 Å². The first-order chi connectivity index (χ1) is 13.2. The molecular weight excluding hydrogens is 386 g/mol. The SMILES string of the molecule is CC(C)(C)[Si](Cl)(c1ccccc1)c1ccccc1Cc1cccc([N+](=O)[O-])c1. The first-order valence-corrected chi connectivity index (χ1v) is 12.3. The fourth-order valence-corrected chi connectivity index (χ4v) is 8.18. The number of nitrogens with zero attached hydrogens (tertiary/aromatic N) is 1. The smallest absolute Gasteiger partial charge is 0.258 e. The van der Waals surface area contributed by atoms with E-state index in [2.05, 4.69) is 45.0 Å². The van der Waals surface area contributed by atoms with Gasteiger partial charge in [-0.3, -0.25) is 10.1 Å². The molecule has 0 heterocycles. The van der Waals surface area contributed by atoms with E-state index in [1.54, 1.807) is 12.1 Å². The Balaban J connectivity index is 2.12. The number of rotatable bonds is 5. The van der Waals surface area contributed by atoms with Gasteiger partial charge in [0.15, 0.2) is 0 Å². The molecule has 3 nitrogen and oxygen atoms in total. The Morgan fingerprint density at radius 3 is 2.21 bits per heavy atom. The second-order valence-corrected chi connectivity index (χ2v) is 13.7. The van der Waals surface area contributed by atoms with E-state index in [1.807, 2.05) is 36.4 Å². The van der Waals surface area contributed by atoms with Crippen molar-refractivity contribution in [1.29, 1.82) is 0 Å². The molecule has 0 amide bonds. The van der Waals surface area contributed by atoms with Crippen LogP contribution >= 0.6 is 11.1 Å². The molecule has 0 aromatic heterocycles. The van der Waals surface area contributed by atoms with Crippen LogP contribution in [0.5, 0.6) is 0 Å². The Labute approximate surface area is 171 Å². The van der Waals surface area contributed by atoms with Crippen molar-refractivity contribution in [3.63, 3.8) is 0 Å². The average Bonchev–Trinajstić information content (AvgIpc) is 2.68. The molecule has 0 aliphatic carbocycles. The van der Waals surface area contributed by atoms with Crippen molar-refractivity contribution in [1.82, 2.24) is 0 Å². The summed E-state index contributed by atoms with van der Waals surface area (Å²) in [5, 5.41) is 13.4. The maximum absolute atomic E-state index is 11.1. The number of halogens is 1. The molecule has 28 heavy (non-hydrogen) atoms. The molecule has 144 valence electrons. The topological polar surface area (TPSA) is 43.1 Å². The first-order valence-electron chi connectivity index (χ1n) is 9.29. The molecular formula is C23H24ClNO2Si. The predicted octanol–water partition coefficient (Wildman–Crippen LogP) is 5.28. The summed E-state index contributed by atoms with van der Waals surface area (Å²) in [6, 6.07) is 25.4. The molecule has 3 aromatic rings. The molecule has 0 aliphatic rings. The van der Waals surface area contributed by atoms with Crippen LogP contribution in [0.25, 0.3) is 0 Å². The summed E-state index contributed by atoms with van der Waals surface area (Å²) in [6.07, 6.45) is 0.613. The van der Waals surface area contributed by atoms with Crippen molar-refractivity contribution in [2.24, 2.45) is 0 Å². The van der Waals surface area contributed by atoms with E-state index in [4.69, 9.17) is 11.1 Å². The van der Waals surface area contributed by atoms with Gasteiger partial charge in [-0.15, -0.1) is 0 Å². The molecule has 0 saturated heterocycles. The Morgan fingerprint density at radius 1 is 0.929 bits per heavy atom. The fraction of sp³-hybridized carbons (Fsp3) is 0.217. The highest BCUT2D eigenvalue weighted by molar-refractivity contribution is 7.35. The van der Waals surface area contributed by atoms with Crippen LogP contribution in [0.2, 0.25) is 5.04 Å². The lowest BCUT2D eigenvalue weighted by Gasteiger charge is -2.39. The van der Waals surface area contributed by atoms with Crippen LogP contribution in [-0.4, -0.2) is 12.3 Å². The number of benzene rings is 3. The van der Waals surface area contributed by atoms with E-state index in [-0.39, 0.29) is 15.6 Å². The van der Waals surface area contributed by atoms with Crippen molar-refractivity contribution < 1.29 is 4.92 Å². The molecule has 1 atom stereocenters. The molecule has 0 N–H and O–H groups in total. The van der Waals surface area contributed by atoms with Crippen molar-refractivity contribution in [3.8, 4) is 0 Å². The van der Waals surface area contributed by atoms with Gasteiger partial charge in [-0.25, -0.2) is 0 Å². The third kappa shape index (κ3) is 3.89. The molecule has 0 saturated carbocycles. The Bertz CT molecular complexity index is 985. The summed E-state index contributed by atoms with van der Waals surface area (Å²) in [5.41, 5.74) is 2.16. The summed E-state index contributed by atoms with van der Waals surface area (Å²) in [4.78, 5) is 10.8. The lowest BCUT2D eigenvalue weighted by molar-refractivity contribution is -0.384. The molecule has 1 unspecified atom stereocenters. The molecule has 0 bridgehead atoms. The highest BCUT2D eigenvalue weighted by Gasteiger charge is 2.47. The van der Waals surface area contributed by atoms with E-state index in [9.17, 15) is 10.1 Å². The van der Waals surface area contributed by atoms with Gasteiger partial charge in [-0.1, -0.05) is 87.5 Å². The van der Waals surface area contributed by atoms with Gasteiger partial charge in [0.05, 0.1) is 4.92 Å². The highest BCUT2D eigenvalue weighted by atomic mass is 35.6. The minimum absolute atomic E-state index is 0.114. The van der Waals surface area contributed by atoms with Gasteiger partial charge in [0.25, 0.3) is 5.69 Å². The average molecular weight is 410 g/mol. The van der Waals surface area contributed by atoms with Crippen LogP contribution in [-0.2, 0) is 6.42 Å². The van der Waals surface area contributed by atoms with Gasteiger partial charge >= 0.3 is 0 Å². The normalized spacial score (nSPS) is 13.7. The Hall–Kier alpha value is -2.43. The molecule has 5 heteroatoms. The molecule has 3 rings (SSSR count). The number of non-ortho nitro benzene ring substituents is 1. The summed E-state index contributed by atoms with van der Waals surface area (Å²) in [5.74, 6) is 0. The van der Waals surface area contributed by atoms with Gasteiger partial charge in [0.2, 0.25) is 7.38 Å². The molecule has 3 aromatic carbocycles. The summed E-state index contributed by atoms with van der Waals surface area (Å²) in [6.45, 7) is 6.59. The summed E-state index contributed by atoms with van der Waals surface area (Å²) in [7, 11) is -2.60. The van der Waals surface area contributed by atoms with E-state index in [1.165, 1.54) is 16.4 Å². The van der Waals surface area contributed by atoms with Crippen LogP contribution in [0.3, 0.4) is 0 Å². The van der Waals surface area contributed by atoms with Crippen LogP contribution < -0.4 is 10.4 Å². The minimum atomic E-state index is -2.60. The van der Waals surface area contributed by atoms with Gasteiger partial charge in [0.1, 0.15) is 0 Å². The highest BCUT2D eigenvalue weighted by Crippen LogP contribution is 2.39. The number of hydrogen-bond acceptors (Lipinski definition) is 2. The maximum atomic E-state index is 11.1. The van der Waals surface area contributed by atoms with Gasteiger partial charge < -0.3 is 0 Å². The predicted molar refractivity (Wildman–Crippen MR) is 119 cm³/mol. The van der Waals surface area contributed by atoms with Crippen molar-refractivity contribution in [2.75, 3.05) is 0 Å². The minimum Gasteiger partial charge on any atom is -0.258 e. The molecule has 0 fully saturated rings. The summed E-state index contributed by atoms with van der Waals surface area (Å²) >= 11 is 7.55. The van der Waals surface area contributed by atoms with E-state index in [0.29, 0.717) is 6.42 Å². The number of nitro groups is 1. The zero-order valence-corrected chi connectivity index (χ0v) is 18.1. The zero-order chi connectivity index (χ0) is 20.4. The second kappa shape index (κ2) is 7.90.